The average Bonchev–Trinajstić information content (AvgIpc) is 2.59. The minimum absolute atomic E-state index is 0.254. The Morgan fingerprint density at radius 1 is 0.750 bits per heavy atom. The molecule has 2 aliphatic heterocycles. The molecule has 1 amide bonds. The number of piperidine rings is 2. The first-order chi connectivity index (χ1) is 13.1. The molecule has 28 heavy (non-hydrogen) atoms. The van der Waals surface area contributed by atoms with Crippen molar-refractivity contribution in [2.75, 3.05) is 33.2 Å². The third kappa shape index (κ3) is 4.94. The lowest BCUT2D eigenvalue weighted by Gasteiger charge is -2.53. The predicted molar refractivity (Wildman–Crippen MR) is 118 cm³/mol. The van der Waals surface area contributed by atoms with E-state index in [2.05, 4.69) is 39.6 Å². The van der Waals surface area contributed by atoms with Gasteiger partial charge in [0.25, 0.3) is 0 Å². The van der Waals surface area contributed by atoms with Gasteiger partial charge in [-0.2, -0.15) is 0 Å². The number of hydrogen-bond acceptors (Lipinski definition) is 2. The third-order valence-electron chi connectivity index (χ3n) is 8.98. The second kappa shape index (κ2) is 8.66. The van der Waals surface area contributed by atoms with Crippen LogP contribution < -0.4 is 0 Å². The van der Waals surface area contributed by atoms with Crippen molar-refractivity contribution in [2.24, 2.45) is 34.5 Å². The van der Waals surface area contributed by atoms with Gasteiger partial charge in [-0.05, 0) is 106 Å². The fourth-order valence-electron chi connectivity index (χ4n) is 6.25. The van der Waals surface area contributed by atoms with E-state index in [1.807, 2.05) is 4.90 Å². The van der Waals surface area contributed by atoms with E-state index in [1.54, 1.807) is 6.92 Å². The monoisotopic (exact) mass is 390 g/mol. The molecular weight excluding hydrogens is 344 g/mol. The molecule has 0 N–H and O–H groups in total. The van der Waals surface area contributed by atoms with Crippen LogP contribution in [0, 0.1) is 34.5 Å². The number of carbonyl (C=O) groups excluding carboxylic acids is 1. The summed E-state index contributed by atoms with van der Waals surface area (Å²) in [5, 5.41) is 0. The fraction of sp³-hybridized carbons (Fsp3) is 0.960. The highest BCUT2D eigenvalue weighted by atomic mass is 16.2. The number of likely N-dealkylation sites (tertiary alicyclic amines) is 2. The van der Waals surface area contributed by atoms with Gasteiger partial charge in [0, 0.05) is 20.0 Å². The van der Waals surface area contributed by atoms with Crippen LogP contribution in [0.3, 0.4) is 0 Å². The smallest absolute Gasteiger partial charge is 0.219 e. The molecule has 162 valence electrons. The van der Waals surface area contributed by atoms with Gasteiger partial charge in [0.2, 0.25) is 5.91 Å². The molecule has 2 saturated carbocycles. The van der Waals surface area contributed by atoms with Gasteiger partial charge in [-0.3, -0.25) is 4.79 Å². The molecule has 3 nitrogen and oxygen atoms in total. The molecule has 4 rings (SSSR count). The van der Waals surface area contributed by atoms with E-state index in [9.17, 15) is 4.79 Å². The predicted octanol–water partition coefficient (Wildman–Crippen LogP) is 5.45. The van der Waals surface area contributed by atoms with Crippen molar-refractivity contribution in [3.63, 3.8) is 0 Å². The Morgan fingerprint density at radius 2 is 1.11 bits per heavy atom. The Bertz CT molecular complexity index is 509. The summed E-state index contributed by atoms with van der Waals surface area (Å²) in [4.78, 5) is 15.7. The van der Waals surface area contributed by atoms with Gasteiger partial charge in [0.15, 0.2) is 0 Å². The minimum atomic E-state index is 0.254. The molecule has 0 bridgehead atoms. The maximum atomic E-state index is 11.2. The maximum absolute atomic E-state index is 11.2. The highest BCUT2D eigenvalue weighted by Crippen LogP contribution is 2.55. The Balaban J connectivity index is 0.000000162. The zero-order valence-corrected chi connectivity index (χ0v) is 19.6. The van der Waals surface area contributed by atoms with Crippen LogP contribution in [0.5, 0.6) is 0 Å². The van der Waals surface area contributed by atoms with E-state index >= 15 is 0 Å². The van der Waals surface area contributed by atoms with E-state index < -0.39 is 0 Å². The number of rotatable bonds is 2. The average molecular weight is 391 g/mol. The quantitative estimate of drug-likeness (QED) is 0.626. The van der Waals surface area contributed by atoms with Gasteiger partial charge in [0.05, 0.1) is 0 Å². The first-order valence-corrected chi connectivity index (χ1v) is 12.1. The molecule has 0 aromatic rings. The topological polar surface area (TPSA) is 23.6 Å². The van der Waals surface area contributed by atoms with Crippen LogP contribution in [0.2, 0.25) is 0 Å². The SMILES string of the molecule is CC(=O)N1CCC2(CC1)CC(C(C)C)C2.CC(C)C1CC2(CCN(C)CC2)C1. The van der Waals surface area contributed by atoms with Crippen LogP contribution in [0.1, 0.15) is 86.0 Å². The summed E-state index contributed by atoms with van der Waals surface area (Å²) in [5.41, 5.74) is 1.42. The Morgan fingerprint density at radius 3 is 1.43 bits per heavy atom. The first kappa shape index (κ1) is 22.1. The zero-order chi connectivity index (χ0) is 20.5. The van der Waals surface area contributed by atoms with Crippen molar-refractivity contribution in [1.29, 1.82) is 0 Å². The summed E-state index contributed by atoms with van der Waals surface area (Å²) in [6.07, 6.45) is 11.3. The van der Waals surface area contributed by atoms with Gasteiger partial charge in [-0.25, -0.2) is 0 Å². The molecule has 4 aliphatic rings. The maximum Gasteiger partial charge on any atom is 0.219 e. The zero-order valence-electron chi connectivity index (χ0n) is 19.6. The van der Waals surface area contributed by atoms with E-state index in [-0.39, 0.29) is 5.91 Å². The number of carbonyl (C=O) groups is 1. The van der Waals surface area contributed by atoms with Crippen molar-refractivity contribution < 1.29 is 4.79 Å². The molecule has 2 aliphatic carbocycles. The van der Waals surface area contributed by atoms with Crippen LogP contribution in [-0.4, -0.2) is 48.9 Å². The fourth-order valence-corrected chi connectivity index (χ4v) is 6.25. The molecule has 0 radical (unpaired) electrons. The van der Waals surface area contributed by atoms with Gasteiger partial charge in [0.1, 0.15) is 0 Å². The molecule has 2 heterocycles. The lowest BCUT2D eigenvalue weighted by molar-refractivity contribution is -0.133. The summed E-state index contributed by atoms with van der Waals surface area (Å²) in [7, 11) is 2.26. The van der Waals surface area contributed by atoms with E-state index in [1.165, 1.54) is 64.5 Å². The van der Waals surface area contributed by atoms with Crippen molar-refractivity contribution >= 4 is 5.91 Å². The van der Waals surface area contributed by atoms with Crippen LogP contribution >= 0.6 is 0 Å². The lowest BCUT2D eigenvalue weighted by Crippen LogP contribution is -2.49. The third-order valence-corrected chi connectivity index (χ3v) is 8.98. The summed E-state index contributed by atoms with van der Waals surface area (Å²) in [6.45, 7) is 15.8. The Kier molecular flexibility index (Phi) is 6.84. The van der Waals surface area contributed by atoms with Gasteiger partial charge >= 0.3 is 0 Å². The molecule has 2 saturated heterocycles. The largest absolute Gasteiger partial charge is 0.343 e. The van der Waals surface area contributed by atoms with E-state index in [4.69, 9.17) is 0 Å². The van der Waals surface area contributed by atoms with Gasteiger partial charge in [-0.15, -0.1) is 0 Å². The highest BCUT2D eigenvalue weighted by molar-refractivity contribution is 5.73. The molecule has 0 unspecified atom stereocenters. The first-order valence-electron chi connectivity index (χ1n) is 12.1. The molecule has 0 atom stereocenters. The highest BCUT2D eigenvalue weighted by Gasteiger charge is 2.47. The molecule has 0 aromatic carbocycles. The summed E-state index contributed by atoms with van der Waals surface area (Å²) < 4.78 is 0. The standard InChI is InChI=1S/C13H23NO.C12H23N/c1-10(2)12-8-13(9-12)4-6-14(7-5-13)11(3)15;1-10(2)11-8-12(9-11)4-6-13(3)7-5-12/h10,12H,4-9H2,1-3H3;10-11H,4-9H2,1-3H3. The Labute approximate surface area is 174 Å². The van der Waals surface area contributed by atoms with Crippen LogP contribution in [0.15, 0.2) is 0 Å². The second-order valence-corrected chi connectivity index (χ2v) is 11.6. The van der Waals surface area contributed by atoms with Crippen molar-refractivity contribution in [3.8, 4) is 0 Å². The number of hydrogen-bond donors (Lipinski definition) is 0. The molecular formula is C25H46N2O. The van der Waals surface area contributed by atoms with Gasteiger partial charge in [-0.1, -0.05) is 27.7 Å². The van der Waals surface area contributed by atoms with Crippen LogP contribution in [-0.2, 0) is 4.79 Å². The second-order valence-electron chi connectivity index (χ2n) is 11.6. The molecule has 3 heteroatoms. The van der Waals surface area contributed by atoms with Crippen LogP contribution in [0.25, 0.3) is 0 Å². The van der Waals surface area contributed by atoms with Crippen molar-refractivity contribution in [2.45, 2.75) is 86.0 Å². The van der Waals surface area contributed by atoms with Crippen molar-refractivity contribution in [3.05, 3.63) is 0 Å². The summed E-state index contributed by atoms with van der Waals surface area (Å²) in [5.74, 6) is 4.02. The van der Waals surface area contributed by atoms with E-state index in [0.29, 0.717) is 5.41 Å². The normalized spacial score (nSPS) is 29.4. The van der Waals surface area contributed by atoms with Crippen LogP contribution in [0.4, 0.5) is 0 Å². The summed E-state index contributed by atoms with van der Waals surface area (Å²) >= 11 is 0. The minimum Gasteiger partial charge on any atom is -0.343 e. The van der Waals surface area contributed by atoms with E-state index in [0.717, 1.165) is 42.2 Å². The van der Waals surface area contributed by atoms with Crippen molar-refractivity contribution in [1.82, 2.24) is 9.80 Å². The Hall–Kier alpha value is -0.570. The molecule has 0 aromatic heterocycles. The number of nitrogens with zero attached hydrogens (tertiary/aromatic N) is 2. The number of amides is 1. The summed E-state index contributed by atoms with van der Waals surface area (Å²) in [6, 6.07) is 0. The molecule has 4 fully saturated rings. The lowest BCUT2D eigenvalue weighted by atomic mass is 9.55. The molecule has 2 spiro atoms. The van der Waals surface area contributed by atoms with Gasteiger partial charge < -0.3 is 9.80 Å².